The summed E-state index contributed by atoms with van der Waals surface area (Å²) in [5, 5.41) is 3.22. The summed E-state index contributed by atoms with van der Waals surface area (Å²) in [6, 6.07) is 13.3. The Labute approximate surface area is 177 Å². The summed E-state index contributed by atoms with van der Waals surface area (Å²) >= 11 is 3.43. The van der Waals surface area contributed by atoms with Crippen LogP contribution in [0.25, 0.3) is 0 Å². The van der Waals surface area contributed by atoms with Gasteiger partial charge in [-0.15, -0.1) is 0 Å². The number of carbonyl (C=O) groups excluding carboxylic acids is 1. The number of hydrogen-bond acceptors (Lipinski definition) is 6. The van der Waals surface area contributed by atoms with E-state index in [2.05, 4.69) is 41.1 Å². The van der Waals surface area contributed by atoms with Crippen LogP contribution in [-0.2, 0) is 0 Å². The Balaban J connectivity index is 1.40. The van der Waals surface area contributed by atoms with Gasteiger partial charge in [-0.2, -0.15) is 0 Å². The molecule has 1 saturated heterocycles. The molecule has 7 nitrogen and oxygen atoms in total. The van der Waals surface area contributed by atoms with Gasteiger partial charge in [0, 0.05) is 48.5 Å². The normalized spacial score (nSPS) is 14.0. The summed E-state index contributed by atoms with van der Waals surface area (Å²) in [4.78, 5) is 29.8. The molecular weight excluding hydrogens is 432 g/mol. The van der Waals surface area contributed by atoms with Crippen LogP contribution in [0.2, 0.25) is 0 Å². The van der Waals surface area contributed by atoms with Gasteiger partial charge in [0.2, 0.25) is 0 Å². The highest BCUT2D eigenvalue weighted by Crippen LogP contribution is 2.20. The second-order valence-electron chi connectivity index (χ2n) is 6.89. The van der Waals surface area contributed by atoms with Crippen molar-refractivity contribution in [3.05, 3.63) is 70.6 Å². The van der Waals surface area contributed by atoms with Crippen molar-refractivity contribution < 1.29 is 4.79 Å². The third-order valence-electron chi connectivity index (χ3n) is 4.79. The van der Waals surface area contributed by atoms with E-state index >= 15 is 0 Å². The summed E-state index contributed by atoms with van der Waals surface area (Å²) in [7, 11) is 0. The zero-order valence-corrected chi connectivity index (χ0v) is 17.6. The molecule has 148 valence electrons. The molecule has 3 heterocycles. The molecule has 2 aromatic heterocycles. The molecule has 1 aliphatic heterocycles. The molecule has 0 saturated carbocycles. The van der Waals surface area contributed by atoms with E-state index < -0.39 is 0 Å². The van der Waals surface area contributed by atoms with E-state index in [9.17, 15) is 4.79 Å². The van der Waals surface area contributed by atoms with Crippen molar-refractivity contribution in [3.8, 4) is 0 Å². The number of aromatic nitrogens is 3. The molecule has 0 radical (unpaired) electrons. The summed E-state index contributed by atoms with van der Waals surface area (Å²) in [5.74, 6) is 2.34. The van der Waals surface area contributed by atoms with E-state index in [1.807, 2.05) is 54.3 Å². The Hall–Kier alpha value is -3.00. The largest absolute Gasteiger partial charge is 0.353 e. The second-order valence-corrected chi connectivity index (χ2v) is 7.81. The lowest BCUT2D eigenvalue weighted by Crippen LogP contribution is -2.49. The topological polar surface area (TPSA) is 74.2 Å². The van der Waals surface area contributed by atoms with Crippen molar-refractivity contribution in [2.45, 2.75) is 6.92 Å². The number of halogens is 1. The van der Waals surface area contributed by atoms with Gasteiger partial charge in [0.1, 0.15) is 23.8 Å². The van der Waals surface area contributed by atoms with Gasteiger partial charge < -0.3 is 15.1 Å². The molecule has 3 aromatic rings. The Bertz CT molecular complexity index is 1020. The van der Waals surface area contributed by atoms with Crippen LogP contribution in [0, 0.1) is 6.92 Å². The molecule has 1 aromatic carbocycles. The van der Waals surface area contributed by atoms with Gasteiger partial charge in [-0.25, -0.2) is 15.0 Å². The van der Waals surface area contributed by atoms with Gasteiger partial charge in [0.15, 0.2) is 0 Å². The quantitative estimate of drug-likeness (QED) is 0.650. The highest BCUT2D eigenvalue weighted by atomic mass is 79.9. The number of nitrogens with one attached hydrogen (secondary N) is 1. The third-order valence-corrected chi connectivity index (χ3v) is 5.28. The number of amides is 1. The lowest BCUT2D eigenvalue weighted by molar-refractivity contribution is 0.0746. The summed E-state index contributed by atoms with van der Waals surface area (Å²) in [5.41, 5.74) is 1.83. The number of aryl methyl sites for hydroxylation is 1. The highest BCUT2D eigenvalue weighted by molar-refractivity contribution is 9.10. The summed E-state index contributed by atoms with van der Waals surface area (Å²) in [6.45, 7) is 4.76. The van der Waals surface area contributed by atoms with Gasteiger partial charge in [0.25, 0.3) is 5.91 Å². The molecule has 29 heavy (non-hydrogen) atoms. The number of carbonyl (C=O) groups is 1. The van der Waals surface area contributed by atoms with Crippen molar-refractivity contribution in [1.82, 2.24) is 19.9 Å². The van der Waals surface area contributed by atoms with E-state index in [0.717, 1.165) is 34.8 Å². The van der Waals surface area contributed by atoms with E-state index in [1.54, 1.807) is 12.5 Å². The predicted octanol–water partition coefficient (Wildman–Crippen LogP) is 3.65. The second kappa shape index (κ2) is 8.57. The minimum Gasteiger partial charge on any atom is -0.353 e. The number of piperazine rings is 1. The van der Waals surface area contributed by atoms with Gasteiger partial charge in [-0.05, 0) is 42.8 Å². The minimum atomic E-state index is 0.0570. The SMILES string of the molecule is Cc1ccnc(Nc2cc(N3CCN(C(=O)c4cccc(Br)c4)CC3)ncn2)c1. The first-order valence-corrected chi connectivity index (χ1v) is 10.2. The maximum atomic E-state index is 12.7. The summed E-state index contributed by atoms with van der Waals surface area (Å²) in [6.07, 6.45) is 3.31. The van der Waals surface area contributed by atoms with E-state index in [-0.39, 0.29) is 5.91 Å². The van der Waals surface area contributed by atoms with E-state index in [0.29, 0.717) is 24.5 Å². The van der Waals surface area contributed by atoms with E-state index in [4.69, 9.17) is 0 Å². The molecule has 0 aliphatic carbocycles. The first-order chi connectivity index (χ1) is 14.1. The van der Waals surface area contributed by atoms with Crippen LogP contribution in [0.3, 0.4) is 0 Å². The van der Waals surface area contributed by atoms with E-state index in [1.165, 1.54) is 0 Å². The number of benzene rings is 1. The van der Waals surface area contributed by atoms with Crippen molar-refractivity contribution >= 4 is 39.3 Å². The number of hydrogen-bond donors (Lipinski definition) is 1. The number of nitrogens with zero attached hydrogens (tertiary/aromatic N) is 5. The van der Waals surface area contributed by atoms with Crippen LogP contribution >= 0.6 is 15.9 Å². The number of pyridine rings is 1. The minimum absolute atomic E-state index is 0.0570. The zero-order chi connectivity index (χ0) is 20.2. The fourth-order valence-corrected chi connectivity index (χ4v) is 3.67. The van der Waals surface area contributed by atoms with Crippen LogP contribution in [0.15, 0.2) is 59.5 Å². The van der Waals surface area contributed by atoms with Gasteiger partial charge >= 0.3 is 0 Å². The zero-order valence-electron chi connectivity index (χ0n) is 16.0. The van der Waals surface area contributed by atoms with Crippen LogP contribution in [0.1, 0.15) is 15.9 Å². The first kappa shape index (κ1) is 19.3. The average molecular weight is 453 g/mol. The standard InChI is InChI=1S/C21H21BrN6O/c1-15-5-6-23-18(11-15)26-19-13-20(25-14-24-19)27-7-9-28(10-8-27)21(29)16-3-2-4-17(22)12-16/h2-6,11-14H,7-10H2,1H3,(H,23,24,25,26). The molecule has 0 atom stereocenters. The summed E-state index contributed by atoms with van der Waals surface area (Å²) < 4.78 is 0.908. The Morgan fingerprint density at radius 1 is 1.00 bits per heavy atom. The Kier molecular flexibility index (Phi) is 5.71. The Morgan fingerprint density at radius 2 is 1.79 bits per heavy atom. The van der Waals surface area contributed by atoms with Gasteiger partial charge in [0.05, 0.1) is 0 Å². The molecule has 1 amide bonds. The maximum Gasteiger partial charge on any atom is 0.254 e. The molecule has 4 rings (SSSR count). The van der Waals surface area contributed by atoms with Crippen LogP contribution in [0.5, 0.6) is 0 Å². The molecule has 1 aliphatic rings. The van der Waals surface area contributed by atoms with Gasteiger partial charge in [-0.3, -0.25) is 4.79 Å². The molecular formula is C21H21BrN6O. The monoisotopic (exact) mass is 452 g/mol. The van der Waals surface area contributed by atoms with Crippen LogP contribution in [0.4, 0.5) is 17.5 Å². The van der Waals surface area contributed by atoms with Crippen molar-refractivity contribution in [3.63, 3.8) is 0 Å². The fraction of sp³-hybridized carbons (Fsp3) is 0.238. The Morgan fingerprint density at radius 3 is 2.55 bits per heavy atom. The van der Waals surface area contributed by atoms with Crippen molar-refractivity contribution in [1.29, 1.82) is 0 Å². The molecule has 1 N–H and O–H groups in total. The van der Waals surface area contributed by atoms with Crippen molar-refractivity contribution in [2.75, 3.05) is 36.4 Å². The molecule has 1 fully saturated rings. The smallest absolute Gasteiger partial charge is 0.254 e. The van der Waals surface area contributed by atoms with Crippen LogP contribution < -0.4 is 10.2 Å². The predicted molar refractivity (Wildman–Crippen MR) is 117 cm³/mol. The first-order valence-electron chi connectivity index (χ1n) is 9.40. The molecule has 0 bridgehead atoms. The third kappa shape index (κ3) is 4.71. The molecule has 8 heteroatoms. The van der Waals surface area contributed by atoms with Crippen molar-refractivity contribution in [2.24, 2.45) is 0 Å². The number of rotatable bonds is 4. The molecule has 0 unspecified atom stereocenters. The van der Waals surface area contributed by atoms with Gasteiger partial charge in [-0.1, -0.05) is 22.0 Å². The average Bonchev–Trinajstić information content (AvgIpc) is 2.74. The maximum absolute atomic E-state index is 12.7. The fourth-order valence-electron chi connectivity index (χ4n) is 3.27. The molecule has 0 spiro atoms. The highest BCUT2D eigenvalue weighted by Gasteiger charge is 2.23. The lowest BCUT2D eigenvalue weighted by Gasteiger charge is -2.35. The number of anilines is 3. The van der Waals surface area contributed by atoms with Crippen LogP contribution in [-0.4, -0.2) is 51.9 Å². The lowest BCUT2D eigenvalue weighted by atomic mass is 10.2.